The maximum atomic E-state index is 11.6. The third kappa shape index (κ3) is 5.05. The monoisotopic (exact) mass is 491 g/mol. The molecule has 0 atom stereocenters. The summed E-state index contributed by atoms with van der Waals surface area (Å²) in [4.78, 5) is 24.2. The standard InChI is InChI=1S/C12H12N3O2.2CH3.Pa/c13-6-4-9-2-1-3-10(8-9)15-7-5-11(16)14-12(15)17;;;/h1,3-4,6,8H,5,7,13H2,(H,14,16,17);2*1H3;/q3*-1;/b6-4-;;;. The van der Waals surface area contributed by atoms with Gasteiger partial charge in [0.15, 0.2) is 0 Å². The van der Waals surface area contributed by atoms with E-state index in [1.165, 1.54) is 11.1 Å². The number of hydrogen-bond acceptors (Lipinski definition) is 3. The van der Waals surface area contributed by atoms with Gasteiger partial charge in [-0.25, -0.2) is 4.79 Å². The van der Waals surface area contributed by atoms with Crippen molar-refractivity contribution in [3.8, 4) is 0 Å². The van der Waals surface area contributed by atoms with Gasteiger partial charge < -0.3 is 25.5 Å². The Hall–Kier alpha value is -1.21. The maximum Gasteiger partial charge on any atom is 0.327 e. The van der Waals surface area contributed by atoms with Crippen molar-refractivity contribution in [3.05, 3.63) is 50.9 Å². The van der Waals surface area contributed by atoms with Crippen LogP contribution in [0.4, 0.5) is 10.5 Å². The van der Waals surface area contributed by atoms with Gasteiger partial charge in [-0.15, -0.1) is 35.9 Å². The van der Waals surface area contributed by atoms with E-state index in [0.717, 1.165) is 11.3 Å². The fourth-order valence-electron chi connectivity index (χ4n) is 1.65. The summed E-state index contributed by atoms with van der Waals surface area (Å²) in [6, 6.07) is 7.86. The molecule has 6 heteroatoms. The largest absolute Gasteiger partial charge is 0.412 e. The minimum Gasteiger partial charge on any atom is -0.412 e. The molecule has 0 unspecified atom stereocenters. The van der Waals surface area contributed by atoms with Crippen LogP contribution in [0.3, 0.4) is 0 Å². The van der Waals surface area contributed by atoms with Crippen LogP contribution in [0.2, 0.25) is 0 Å². The van der Waals surface area contributed by atoms with E-state index in [0.29, 0.717) is 13.0 Å². The minimum atomic E-state index is -0.393. The van der Waals surface area contributed by atoms with Crippen LogP contribution in [0.5, 0.6) is 0 Å². The molecule has 1 radical (unpaired) electrons. The van der Waals surface area contributed by atoms with Gasteiger partial charge in [-0.05, 0) is 11.9 Å². The molecule has 0 bridgehead atoms. The molecule has 1 saturated heterocycles. The topological polar surface area (TPSA) is 75.4 Å². The molecule has 20 heavy (non-hydrogen) atoms. The summed E-state index contributed by atoms with van der Waals surface area (Å²) in [6.45, 7) is 0.389. The zero-order chi connectivity index (χ0) is 12.3. The van der Waals surface area contributed by atoms with Crippen molar-refractivity contribution in [3.63, 3.8) is 0 Å². The van der Waals surface area contributed by atoms with Crippen LogP contribution in [0.1, 0.15) is 12.0 Å². The molecular weight excluding hydrogens is 473 g/mol. The zero-order valence-electron chi connectivity index (χ0n) is 11.7. The molecule has 0 saturated carbocycles. The zero-order valence-corrected chi connectivity index (χ0v) is 16.5. The van der Waals surface area contributed by atoms with E-state index in [-0.39, 0.29) is 53.1 Å². The Morgan fingerprint density at radius 3 is 2.65 bits per heavy atom. The first kappa shape index (κ1) is 21.1. The number of benzene rings is 1. The van der Waals surface area contributed by atoms with Gasteiger partial charge >= 0.3 is 6.03 Å². The van der Waals surface area contributed by atoms with Crippen LogP contribution in [0.25, 0.3) is 6.08 Å². The quantitative estimate of drug-likeness (QED) is 0.620. The molecule has 1 heterocycles. The third-order valence-electron chi connectivity index (χ3n) is 2.45. The van der Waals surface area contributed by atoms with E-state index >= 15 is 0 Å². The summed E-state index contributed by atoms with van der Waals surface area (Å²) in [5.41, 5.74) is 6.81. The van der Waals surface area contributed by atoms with Crippen molar-refractivity contribution >= 4 is 23.7 Å². The SMILES string of the molecule is N/C=C\c1[c-]ccc(N2CCC(=O)NC2=O)c1.[CH3-].[CH3-].[Pa]. The maximum absolute atomic E-state index is 11.6. The van der Waals surface area contributed by atoms with Gasteiger partial charge in [0, 0.05) is 45.3 Å². The molecule has 5 nitrogen and oxygen atoms in total. The molecule has 1 fully saturated rings. The summed E-state index contributed by atoms with van der Waals surface area (Å²) < 4.78 is 0. The first-order valence-electron chi connectivity index (χ1n) is 5.22. The van der Waals surface area contributed by atoms with Gasteiger partial charge in [0.1, 0.15) is 0 Å². The molecule has 1 aliphatic heterocycles. The molecule has 107 valence electrons. The number of rotatable bonds is 2. The van der Waals surface area contributed by atoms with Gasteiger partial charge in [0.25, 0.3) is 0 Å². The van der Waals surface area contributed by atoms with E-state index in [9.17, 15) is 9.59 Å². The number of anilines is 1. The number of nitrogens with zero attached hydrogens (tertiary/aromatic N) is 1. The van der Waals surface area contributed by atoms with Gasteiger partial charge in [-0.3, -0.25) is 10.1 Å². The Balaban J connectivity index is 0. The van der Waals surface area contributed by atoms with E-state index in [2.05, 4.69) is 11.4 Å². The van der Waals surface area contributed by atoms with E-state index < -0.39 is 6.03 Å². The number of carbonyl (C=O) groups is 2. The van der Waals surface area contributed by atoms with Crippen molar-refractivity contribution in [2.75, 3.05) is 11.4 Å². The summed E-state index contributed by atoms with van der Waals surface area (Å²) in [6.07, 6.45) is 3.42. The average molecular weight is 491 g/mol. The Morgan fingerprint density at radius 2 is 2.05 bits per heavy atom. The molecule has 0 spiro atoms. The van der Waals surface area contributed by atoms with Crippen LogP contribution >= 0.6 is 0 Å². The molecule has 1 aliphatic rings. The summed E-state index contributed by atoms with van der Waals surface area (Å²) in [5.74, 6) is -0.240. The van der Waals surface area contributed by atoms with E-state index in [1.54, 1.807) is 24.3 Å². The smallest absolute Gasteiger partial charge is 0.327 e. The Morgan fingerprint density at radius 1 is 1.35 bits per heavy atom. The van der Waals surface area contributed by atoms with Crippen molar-refractivity contribution in [2.24, 2.45) is 5.73 Å². The average Bonchev–Trinajstić information content (AvgIpc) is 2.29. The molecule has 1 aromatic rings. The normalized spacial score (nSPS) is 13.9. The number of carbonyl (C=O) groups excluding carboxylic acids is 2. The number of nitrogens with two attached hydrogens (primary N) is 1. The van der Waals surface area contributed by atoms with Gasteiger partial charge in [0.05, 0.1) is 0 Å². The second kappa shape index (κ2) is 9.66. The number of imide groups is 1. The number of nitrogens with one attached hydrogen (secondary N) is 1. The molecule has 1 aromatic carbocycles. The number of urea groups is 1. The van der Waals surface area contributed by atoms with Crippen molar-refractivity contribution < 1.29 is 41.9 Å². The van der Waals surface area contributed by atoms with Gasteiger partial charge in [-0.2, -0.15) is 0 Å². The predicted molar refractivity (Wildman–Crippen MR) is 76.8 cm³/mol. The fraction of sp³-hybridized carbons (Fsp3) is 0.143. The Kier molecular flexibility index (Phi) is 10.2. The second-order valence-corrected chi connectivity index (χ2v) is 3.62. The summed E-state index contributed by atoms with van der Waals surface area (Å²) >= 11 is 0. The summed E-state index contributed by atoms with van der Waals surface area (Å²) in [7, 11) is 0. The van der Waals surface area contributed by atoms with Crippen LogP contribution in [-0.2, 0) is 4.79 Å². The van der Waals surface area contributed by atoms with Gasteiger partial charge in [-0.1, -0.05) is 0 Å². The van der Waals surface area contributed by atoms with Crippen molar-refractivity contribution in [2.45, 2.75) is 6.42 Å². The fourth-order valence-corrected chi connectivity index (χ4v) is 1.65. The number of amides is 3. The Labute approximate surface area is 145 Å². The minimum absolute atomic E-state index is 0. The molecule has 3 amide bonds. The second-order valence-electron chi connectivity index (χ2n) is 3.62. The van der Waals surface area contributed by atoms with E-state index in [4.69, 9.17) is 5.73 Å². The first-order valence-corrected chi connectivity index (χ1v) is 5.22. The molecule has 2 rings (SSSR count). The predicted octanol–water partition coefficient (Wildman–Crippen LogP) is 1.76. The molecule has 0 aromatic heterocycles. The summed E-state index contributed by atoms with van der Waals surface area (Å²) in [5, 5.41) is 2.27. The third-order valence-corrected chi connectivity index (χ3v) is 2.45. The van der Waals surface area contributed by atoms with Crippen molar-refractivity contribution in [1.29, 1.82) is 0 Å². The first-order chi connectivity index (χ1) is 8.20. The van der Waals surface area contributed by atoms with Crippen LogP contribution in [0.15, 0.2) is 24.4 Å². The van der Waals surface area contributed by atoms with Crippen LogP contribution in [-0.4, -0.2) is 18.5 Å². The Bertz CT molecular complexity index is 489. The van der Waals surface area contributed by atoms with Crippen LogP contribution in [0, 0.1) is 53.2 Å². The number of hydrogen-bond donors (Lipinski definition) is 2. The van der Waals surface area contributed by atoms with Gasteiger partial charge in [0.2, 0.25) is 5.91 Å². The molecule has 0 aliphatic carbocycles. The van der Waals surface area contributed by atoms with E-state index in [1.807, 2.05) is 0 Å². The molecule has 3 N–H and O–H groups in total. The molecular formula is C14H18N3O2Pa-3. The van der Waals surface area contributed by atoms with Crippen molar-refractivity contribution in [1.82, 2.24) is 5.32 Å². The van der Waals surface area contributed by atoms with Crippen LogP contribution < -0.4 is 16.0 Å².